The van der Waals surface area contributed by atoms with Gasteiger partial charge in [-0.3, -0.25) is 4.79 Å². The molecule has 0 aromatic carbocycles. The number of allylic oxidation sites excluding steroid dienone is 4. The first kappa shape index (κ1) is 17.3. The molecular weight excluding hydrogens is 304 g/mol. The van der Waals surface area contributed by atoms with Gasteiger partial charge in [-0.25, -0.2) is 0 Å². The fraction of sp³-hybridized carbons (Fsp3) is 0.708. The normalized spacial score (nSPS) is 46.6. The number of carbonyl (C=O) groups excluding carboxylic acids is 1. The lowest BCUT2D eigenvalue weighted by Crippen LogP contribution is -2.49. The summed E-state index contributed by atoms with van der Waals surface area (Å²) in [7, 11) is 0. The van der Waals surface area contributed by atoms with Crippen molar-refractivity contribution in [1.29, 1.82) is 0 Å². The Bertz CT molecular complexity index is 638. The van der Waals surface area contributed by atoms with E-state index in [9.17, 15) is 4.79 Å². The monoisotopic (exact) mass is 338 g/mol. The molecule has 0 saturated heterocycles. The number of carbonyl (C=O) groups is 1. The minimum atomic E-state index is 0.377. The van der Waals surface area contributed by atoms with Crippen LogP contribution in [0.1, 0.15) is 65.7 Å². The molecule has 0 heterocycles. The van der Waals surface area contributed by atoms with Crippen LogP contribution in [-0.2, 0) is 4.79 Å². The third-order valence-electron chi connectivity index (χ3n) is 8.45. The van der Waals surface area contributed by atoms with Crippen LogP contribution in [0, 0.1) is 40.9 Å². The van der Waals surface area contributed by atoms with E-state index >= 15 is 0 Å². The van der Waals surface area contributed by atoms with Gasteiger partial charge in [-0.1, -0.05) is 50.1 Å². The summed E-state index contributed by atoms with van der Waals surface area (Å²) in [6.07, 6.45) is 15.0. The molecule has 0 unspecified atom stereocenters. The maximum atomic E-state index is 12.0. The van der Waals surface area contributed by atoms with Gasteiger partial charge in [0.05, 0.1) is 0 Å². The van der Waals surface area contributed by atoms with Gasteiger partial charge >= 0.3 is 0 Å². The van der Waals surface area contributed by atoms with Crippen LogP contribution >= 0.6 is 0 Å². The fourth-order valence-corrected chi connectivity index (χ4v) is 7.34. The summed E-state index contributed by atoms with van der Waals surface area (Å²) in [6, 6.07) is 0. The number of rotatable bonds is 2. The predicted molar refractivity (Wildman–Crippen MR) is 104 cm³/mol. The Labute approximate surface area is 153 Å². The lowest BCUT2D eigenvalue weighted by atomic mass is 9.48. The molecule has 0 amide bonds. The average Bonchev–Trinajstić information content (AvgIpc) is 2.85. The van der Waals surface area contributed by atoms with Crippen LogP contribution in [0.4, 0.5) is 0 Å². The summed E-state index contributed by atoms with van der Waals surface area (Å²) in [5.74, 6) is 4.86. The van der Waals surface area contributed by atoms with Crippen molar-refractivity contribution < 1.29 is 4.79 Å². The highest BCUT2D eigenvalue weighted by atomic mass is 16.1. The van der Waals surface area contributed by atoms with Crippen LogP contribution in [0.2, 0.25) is 0 Å². The molecular formula is C24H34O. The van der Waals surface area contributed by atoms with Crippen molar-refractivity contribution in [3.63, 3.8) is 0 Å². The van der Waals surface area contributed by atoms with Crippen molar-refractivity contribution in [2.24, 2.45) is 40.9 Å². The first-order valence-corrected chi connectivity index (χ1v) is 10.5. The van der Waals surface area contributed by atoms with Gasteiger partial charge in [0.2, 0.25) is 0 Å². The second-order valence-corrected chi connectivity index (χ2v) is 9.46. The molecule has 25 heavy (non-hydrogen) atoms. The molecule has 0 N–H and O–H groups in total. The molecule has 0 spiro atoms. The van der Waals surface area contributed by atoms with E-state index in [1.807, 2.05) is 6.08 Å². The quantitative estimate of drug-likeness (QED) is 0.554. The van der Waals surface area contributed by atoms with Crippen molar-refractivity contribution in [1.82, 2.24) is 0 Å². The molecule has 136 valence electrons. The highest BCUT2D eigenvalue weighted by molar-refractivity contribution is 5.91. The molecule has 0 radical (unpaired) electrons. The summed E-state index contributed by atoms with van der Waals surface area (Å²) in [6.45, 7) is 11.6. The van der Waals surface area contributed by atoms with E-state index in [4.69, 9.17) is 0 Å². The second kappa shape index (κ2) is 6.25. The Balaban J connectivity index is 1.71. The van der Waals surface area contributed by atoms with E-state index in [-0.39, 0.29) is 0 Å². The maximum Gasteiger partial charge on any atom is 0.155 e. The molecule has 1 heteroatoms. The lowest BCUT2D eigenvalue weighted by Gasteiger charge is -2.56. The van der Waals surface area contributed by atoms with Gasteiger partial charge in [-0.05, 0) is 80.1 Å². The SMILES string of the molecule is C=C1C[C@H]2[C@@H]3[C@@H](CC)CC4=CC(=O)CC[C@@H]4[C@H]3CC[C@]2(C)[C@@H]1/C=C/C. The van der Waals surface area contributed by atoms with E-state index in [1.54, 1.807) is 0 Å². The van der Waals surface area contributed by atoms with Gasteiger partial charge in [-0.15, -0.1) is 0 Å². The van der Waals surface area contributed by atoms with E-state index < -0.39 is 0 Å². The van der Waals surface area contributed by atoms with Gasteiger partial charge in [-0.2, -0.15) is 0 Å². The Morgan fingerprint density at radius 2 is 2.12 bits per heavy atom. The first-order chi connectivity index (χ1) is 12.0. The lowest BCUT2D eigenvalue weighted by molar-refractivity contribution is -0.116. The highest BCUT2D eigenvalue weighted by Crippen LogP contribution is 2.66. The van der Waals surface area contributed by atoms with Crippen molar-refractivity contribution >= 4 is 5.78 Å². The molecule has 0 bridgehead atoms. The summed E-state index contributed by atoms with van der Waals surface area (Å²) < 4.78 is 0. The van der Waals surface area contributed by atoms with Crippen LogP contribution in [-0.4, -0.2) is 5.78 Å². The molecule has 0 aromatic rings. The molecule has 3 fully saturated rings. The molecule has 0 aromatic heterocycles. The molecule has 4 aliphatic rings. The summed E-state index contributed by atoms with van der Waals surface area (Å²) in [4.78, 5) is 12.0. The second-order valence-electron chi connectivity index (χ2n) is 9.46. The summed E-state index contributed by atoms with van der Waals surface area (Å²) >= 11 is 0. The molecule has 4 aliphatic carbocycles. The molecule has 4 rings (SSSR count). The number of hydrogen-bond acceptors (Lipinski definition) is 1. The average molecular weight is 339 g/mol. The van der Waals surface area contributed by atoms with Gasteiger partial charge in [0.15, 0.2) is 5.78 Å². The number of fused-ring (bicyclic) bond motifs is 5. The fourth-order valence-electron chi connectivity index (χ4n) is 7.34. The van der Waals surface area contributed by atoms with E-state index in [2.05, 4.69) is 39.5 Å². The van der Waals surface area contributed by atoms with Crippen LogP contribution in [0.25, 0.3) is 0 Å². The minimum absolute atomic E-state index is 0.377. The van der Waals surface area contributed by atoms with E-state index in [0.717, 1.165) is 36.5 Å². The Hall–Kier alpha value is -1.11. The van der Waals surface area contributed by atoms with Gasteiger partial charge in [0.25, 0.3) is 0 Å². The van der Waals surface area contributed by atoms with E-state index in [0.29, 0.717) is 23.0 Å². The molecule has 3 saturated carbocycles. The Kier molecular flexibility index (Phi) is 4.33. The van der Waals surface area contributed by atoms with Crippen LogP contribution in [0.3, 0.4) is 0 Å². The van der Waals surface area contributed by atoms with Gasteiger partial charge in [0.1, 0.15) is 0 Å². The first-order valence-electron chi connectivity index (χ1n) is 10.5. The molecule has 7 atom stereocenters. The van der Waals surface area contributed by atoms with Crippen molar-refractivity contribution in [3.8, 4) is 0 Å². The standard InChI is InChI=1S/C24H34O/c1-5-7-21-15(3)12-22-23-16(6-2)13-17-14-18(25)8-9-19(17)20(23)10-11-24(21,22)4/h5,7,14,16,19-23H,3,6,8-13H2,1-2,4H3/b7-5+/t16-,19-,20+,21+,22-,23+,24+/m0/s1. The largest absolute Gasteiger partial charge is 0.295 e. The zero-order valence-corrected chi connectivity index (χ0v) is 16.3. The maximum absolute atomic E-state index is 12.0. The number of hydrogen-bond donors (Lipinski definition) is 0. The van der Waals surface area contributed by atoms with Gasteiger partial charge in [0, 0.05) is 12.3 Å². The zero-order chi connectivity index (χ0) is 17.8. The van der Waals surface area contributed by atoms with Crippen molar-refractivity contribution in [2.75, 3.05) is 0 Å². The molecule has 0 aliphatic heterocycles. The third-order valence-corrected chi connectivity index (χ3v) is 8.45. The third kappa shape index (κ3) is 2.53. The summed E-state index contributed by atoms with van der Waals surface area (Å²) in [5.41, 5.74) is 3.39. The topological polar surface area (TPSA) is 17.1 Å². The van der Waals surface area contributed by atoms with E-state index in [1.165, 1.54) is 43.3 Å². The smallest absolute Gasteiger partial charge is 0.155 e. The number of ketones is 1. The van der Waals surface area contributed by atoms with Crippen LogP contribution in [0.15, 0.2) is 36.0 Å². The van der Waals surface area contributed by atoms with Crippen molar-refractivity contribution in [2.45, 2.75) is 65.7 Å². The summed E-state index contributed by atoms with van der Waals surface area (Å²) in [5, 5.41) is 0. The Morgan fingerprint density at radius 1 is 1.32 bits per heavy atom. The Morgan fingerprint density at radius 3 is 2.84 bits per heavy atom. The van der Waals surface area contributed by atoms with Gasteiger partial charge < -0.3 is 0 Å². The molecule has 1 nitrogen and oxygen atoms in total. The van der Waals surface area contributed by atoms with Crippen LogP contribution in [0.5, 0.6) is 0 Å². The van der Waals surface area contributed by atoms with Crippen LogP contribution < -0.4 is 0 Å². The highest BCUT2D eigenvalue weighted by Gasteiger charge is 2.58. The predicted octanol–water partition coefficient (Wildman–Crippen LogP) is 6.12. The minimum Gasteiger partial charge on any atom is -0.295 e. The van der Waals surface area contributed by atoms with Crippen molar-refractivity contribution in [3.05, 3.63) is 36.0 Å². The zero-order valence-electron chi connectivity index (χ0n) is 16.3.